The molecular weight excluding hydrogens is 436 g/mol. The van der Waals surface area contributed by atoms with Gasteiger partial charge < -0.3 is 0 Å². The van der Waals surface area contributed by atoms with Gasteiger partial charge in [0.15, 0.2) is 0 Å². The quantitative estimate of drug-likeness (QED) is 0.258. The van der Waals surface area contributed by atoms with Crippen molar-refractivity contribution in [2.45, 2.75) is 63.7 Å². The first kappa shape index (κ1) is 20.3. The van der Waals surface area contributed by atoms with E-state index in [-0.39, 0.29) is 0 Å². The summed E-state index contributed by atoms with van der Waals surface area (Å²) in [6.45, 7) is 10.2. The Kier molecular flexibility index (Phi) is 3.86. The second kappa shape index (κ2) is 6.65. The van der Waals surface area contributed by atoms with E-state index >= 15 is 0 Å². The van der Waals surface area contributed by atoms with Crippen molar-refractivity contribution in [3.63, 3.8) is 0 Å². The van der Waals surface area contributed by atoms with Crippen LogP contribution in [0.15, 0.2) is 59.7 Å². The summed E-state index contributed by atoms with van der Waals surface area (Å²) in [5, 5.41) is 6.13. The van der Waals surface area contributed by atoms with Gasteiger partial charge in [0.2, 0.25) is 0 Å². The molecule has 0 saturated heterocycles. The summed E-state index contributed by atoms with van der Waals surface area (Å²) >= 11 is 0. The van der Waals surface area contributed by atoms with Gasteiger partial charge in [-0.25, -0.2) is 0 Å². The van der Waals surface area contributed by atoms with Gasteiger partial charge in [0.1, 0.15) is 0 Å². The van der Waals surface area contributed by atoms with E-state index in [9.17, 15) is 0 Å². The van der Waals surface area contributed by atoms with Crippen molar-refractivity contribution in [2.24, 2.45) is 0 Å². The highest BCUT2D eigenvalue weighted by molar-refractivity contribution is 6.81. The summed E-state index contributed by atoms with van der Waals surface area (Å²) in [7, 11) is -1.81. The van der Waals surface area contributed by atoms with Gasteiger partial charge in [-0.05, 0) is 106 Å². The Hall–Kier alpha value is -2.90. The molecule has 35 heavy (non-hydrogen) atoms. The Labute approximate surface area is 209 Å². The molecule has 4 aromatic rings. The molecule has 4 aliphatic rings. The highest BCUT2D eigenvalue weighted by Crippen LogP contribution is 2.55. The largest absolute Gasteiger partial charge is 0.0722 e. The molecule has 0 fully saturated rings. The third-order valence-electron chi connectivity index (χ3n) is 9.90. The number of hydrogen-bond donors (Lipinski definition) is 0. The van der Waals surface area contributed by atoms with Crippen molar-refractivity contribution in [1.82, 2.24) is 0 Å². The Bertz CT molecular complexity index is 1570. The Morgan fingerprint density at radius 1 is 0.600 bits per heavy atom. The molecule has 0 aliphatic heterocycles. The molecule has 172 valence electrons. The summed E-state index contributed by atoms with van der Waals surface area (Å²) in [5.41, 5.74) is 17.0. The summed E-state index contributed by atoms with van der Waals surface area (Å²) in [6.07, 6.45) is 9.94. The minimum atomic E-state index is -1.81. The van der Waals surface area contributed by atoms with Crippen LogP contribution in [0.2, 0.25) is 13.1 Å². The van der Waals surface area contributed by atoms with Gasteiger partial charge >= 0.3 is 0 Å². The lowest BCUT2D eigenvalue weighted by Gasteiger charge is -2.39. The average Bonchev–Trinajstić information content (AvgIpc) is 3.59. The van der Waals surface area contributed by atoms with E-state index < -0.39 is 8.07 Å². The van der Waals surface area contributed by atoms with Gasteiger partial charge in [-0.1, -0.05) is 84.9 Å². The van der Waals surface area contributed by atoms with Gasteiger partial charge in [-0.15, -0.1) is 0 Å². The molecule has 0 nitrogen and oxygen atoms in total. The SMILES string of the molecule is CC1=Cc2c(cc3c4c(cccc24)CC3)C1[Si](C)(C)C1C(C)=Cc2c1cc1c3c(cccc23)CC1. The Morgan fingerprint density at radius 2 is 1.03 bits per heavy atom. The second-order valence-corrected chi connectivity index (χ2v) is 17.0. The third-order valence-corrected chi connectivity index (χ3v) is 14.4. The zero-order chi connectivity index (χ0) is 23.6. The van der Waals surface area contributed by atoms with E-state index in [1.165, 1.54) is 47.6 Å². The molecule has 0 radical (unpaired) electrons. The van der Waals surface area contributed by atoms with Crippen LogP contribution >= 0.6 is 0 Å². The van der Waals surface area contributed by atoms with Crippen LogP contribution in [0.3, 0.4) is 0 Å². The highest BCUT2D eigenvalue weighted by atomic mass is 28.3. The number of benzene rings is 4. The summed E-state index contributed by atoms with van der Waals surface area (Å²) < 4.78 is 0. The molecule has 8 rings (SSSR count). The molecule has 0 aromatic heterocycles. The molecular formula is C34H32Si. The summed E-state index contributed by atoms with van der Waals surface area (Å²) in [6, 6.07) is 19.3. The second-order valence-electron chi connectivity index (χ2n) is 12.2. The first-order valence-corrected chi connectivity index (χ1v) is 16.6. The monoisotopic (exact) mass is 468 g/mol. The van der Waals surface area contributed by atoms with Gasteiger partial charge in [0, 0.05) is 11.1 Å². The molecule has 2 atom stereocenters. The third kappa shape index (κ3) is 2.48. The molecule has 0 amide bonds. The fraction of sp³-hybridized carbons (Fsp3) is 0.294. The lowest BCUT2D eigenvalue weighted by Crippen LogP contribution is -2.42. The fourth-order valence-corrected chi connectivity index (χ4v) is 13.7. The van der Waals surface area contributed by atoms with E-state index in [2.05, 4.69) is 87.6 Å². The molecule has 2 unspecified atom stereocenters. The maximum Gasteiger partial charge on any atom is 0.0722 e. The van der Waals surface area contributed by atoms with Gasteiger partial charge in [-0.2, -0.15) is 0 Å². The van der Waals surface area contributed by atoms with E-state index in [1.54, 1.807) is 55.3 Å². The van der Waals surface area contributed by atoms with Gasteiger partial charge in [0.25, 0.3) is 0 Å². The smallest absolute Gasteiger partial charge is 0.0679 e. The molecule has 0 bridgehead atoms. The van der Waals surface area contributed by atoms with E-state index in [0.29, 0.717) is 11.1 Å². The normalized spacial score (nSPS) is 21.6. The number of hydrogen-bond acceptors (Lipinski definition) is 0. The minimum Gasteiger partial charge on any atom is -0.0679 e. The van der Waals surface area contributed by atoms with Crippen LogP contribution in [0.5, 0.6) is 0 Å². The van der Waals surface area contributed by atoms with Crippen LogP contribution in [0, 0.1) is 0 Å². The predicted octanol–water partition coefficient (Wildman–Crippen LogP) is 8.68. The lowest BCUT2D eigenvalue weighted by molar-refractivity contribution is 0.959. The van der Waals surface area contributed by atoms with Crippen LogP contribution in [0.25, 0.3) is 33.7 Å². The Balaban J connectivity index is 1.33. The van der Waals surface area contributed by atoms with E-state index in [0.717, 1.165) is 0 Å². The number of allylic oxidation sites excluding steroid dienone is 2. The molecule has 4 aliphatic carbocycles. The molecule has 0 spiro atoms. The van der Waals surface area contributed by atoms with Crippen LogP contribution < -0.4 is 0 Å². The van der Waals surface area contributed by atoms with Crippen LogP contribution in [0.4, 0.5) is 0 Å². The van der Waals surface area contributed by atoms with Crippen molar-refractivity contribution in [1.29, 1.82) is 0 Å². The Morgan fingerprint density at radius 3 is 1.49 bits per heavy atom. The number of fused-ring (bicyclic) bond motifs is 4. The maximum absolute atomic E-state index is 2.68. The van der Waals surface area contributed by atoms with Crippen LogP contribution in [-0.2, 0) is 25.7 Å². The topological polar surface area (TPSA) is 0 Å². The van der Waals surface area contributed by atoms with Crippen molar-refractivity contribution in [2.75, 3.05) is 0 Å². The zero-order valence-corrected chi connectivity index (χ0v) is 22.3. The number of rotatable bonds is 2. The molecule has 0 N–H and O–H groups in total. The van der Waals surface area contributed by atoms with Crippen LogP contribution in [0.1, 0.15) is 69.4 Å². The van der Waals surface area contributed by atoms with E-state index in [1.807, 2.05) is 0 Å². The number of aryl methyl sites for hydroxylation is 4. The first-order valence-electron chi connectivity index (χ1n) is 13.4. The molecule has 4 aromatic carbocycles. The fourth-order valence-electron chi connectivity index (χ4n) is 8.80. The predicted molar refractivity (Wildman–Crippen MR) is 153 cm³/mol. The first-order chi connectivity index (χ1) is 16.9. The van der Waals surface area contributed by atoms with E-state index in [4.69, 9.17) is 0 Å². The zero-order valence-electron chi connectivity index (χ0n) is 21.3. The van der Waals surface area contributed by atoms with Crippen molar-refractivity contribution >= 4 is 41.8 Å². The summed E-state index contributed by atoms with van der Waals surface area (Å²) in [4.78, 5) is 0. The van der Waals surface area contributed by atoms with Crippen molar-refractivity contribution in [3.05, 3.63) is 104 Å². The standard InChI is InChI=1S/C34H32Si/c1-19-15-27-25-9-5-7-21-11-13-23(31(21)25)17-29(27)33(19)35(3,4)34-20(2)16-28-26-10-6-8-22-12-14-24(32(22)26)18-30(28)34/h5-10,15-18,33-34H,11-14H2,1-4H3. The van der Waals surface area contributed by atoms with Gasteiger partial charge in [-0.3, -0.25) is 0 Å². The molecule has 0 heterocycles. The lowest BCUT2D eigenvalue weighted by atomic mass is 9.96. The minimum absolute atomic E-state index is 0.581. The van der Waals surface area contributed by atoms with Crippen molar-refractivity contribution < 1.29 is 0 Å². The van der Waals surface area contributed by atoms with Gasteiger partial charge in [0.05, 0.1) is 8.07 Å². The summed E-state index contributed by atoms with van der Waals surface area (Å²) in [5.74, 6) is 0. The van der Waals surface area contributed by atoms with Crippen molar-refractivity contribution in [3.8, 4) is 0 Å². The molecule has 1 heteroatoms. The molecule has 0 saturated carbocycles. The van der Waals surface area contributed by atoms with Crippen LogP contribution in [-0.4, -0.2) is 8.07 Å². The maximum atomic E-state index is 2.68. The average molecular weight is 469 g/mol. The highest BCUT2D eigenvalue weighted by Gasteiger charge is 2.47.